The first kappa shape index (κ1) is 16.3. The van der Waals surface area contributed by atoms with Gasteiger partial charge in [-0.05, 0) is 32.4 Å². The summed E-state index contributed by atoms with van der Waals surface area (Å²) < 4.78 is 7.19. The molecule has 1 aromatic rings. The minimum atomic E-state index is -0.236. The predicted octanol–water partition coefficient (Wildman–Crippen LogP) is 2.45. The van der Waals surface area contributed by atoms with E-state index in [2.05, 4.69) is 23.8 Å². The van der Waals surface area contributed by atoms with Crippen LogP contribution in [0.4, 0.5) is 4.79 Å². The highest BCUT2D eigenvalue weighted by molar-refractivity contribution is 5.68. The van der Waals surface area contributed by atoms with Gasteiger partial charge in [-0.2, -0.15) is 5.10 Å². The van der Waals surface area contributed by atoms with E-state index in [1.165, 1.54) is 24.1 Å². The summed E-state index contributed by atoms with van der Waals surface area (Å²) >= 11 is 0. The Labute approximate surface area is 138 Å². The minimum Gasteiger partial charge on any atom is -0.453 e. The number of ether oxygens (including phenoxy) is 1. The van der Waals surface area contributed by atoms with Crippen LogP contribution in [0.5, 0.6) is 0 Å². The third-order valence-electron chi connectivity index (χ3n) is 5.28. The number of nitrogens with one attached hydrogen (secondary N) is 1. The van der Waals surface area contributed by atoms with Crippen molar-refractivity contribution in [2.24, 2.45) is 0 Å². The first-order valence-corrected chi connectivity index (χ1v) is 8.79. The molecule has 1 fully saturated rings. The topological polar surface area (TPSA) is 59.4 Å². The molecule has 1 saturated heterocycles. The maximum atomic E-state index is 11.9. The second kappa shape index (κ2) is 6.91. The molecule has 2 aliphatic heterocycles. The fraction of sp³-hybridized carbons (Fsp3) is 0.765. The lowest BCUT2D eigenvalue weighted by Crippen LogP contribution is -2.37. The van der Waals surface area contributed by atoms with E-state index in [1.54, 1.807) is 4.90 Å². The van der Waals surface area contributed by atoms with Crippen LogP contribution in [0.3, 0.4) is 0 Å². The molecule has 1 N–H and O–H groups in total. The fourth-order valence-electron chi connectivity index (χ4n) is 3.70. The molecule has 128 valence electrons. The van der Waals surface area contributed by atoms with Crippen LogP contribution in [0.2, 0.25) is 0 Å². The Morgan fingerprint density at radius 3 is 2.83 bits per heavy atom. The van der Waals surface area contributed by atoms with Gasteiger partial charge in [0.2, 0.25) is 0 Å². The molecule has 3 rings (SSSR count). The second-order valence-corrected chi connectivity index (χ2v) is 6.69. The number of amides is 1. The van der Waals surface area contributed by atoms with Crippen molar-refractivity contribution >= 4 is 6.09 Å². The molecule has 6 heteroatoms. The molecule has 3 heterocycles. The summed E-state index contributed by atoms with van der Waals surface area (Å²) in [5, 5.41) is 8.44. The Kier molecular flexibility index (Phi) is 4.90. The molecule has 0 aliphatic carbocycles. The number of hydrogen-bond acceptors (Lipinski definition) is 4. The first-order chi connectivity index (χ1) is 11.2. The molecular formula is C17H28N4O2. The molecular weight excluding hydrogens is 292 g/mol. The number of nitrogens with zero attached hydrogens (tertiary/aromatic N) is 3. The second-order valence-electron chi connectivity index (χ2n) is 6.69. The van der Waals surface area contributed by atoms with Crippen molar-refractivity contribution < 1.29 is 9.53 Å². The zero-order chi connectivity index (χ0) is 16.4. The largest absolute Gasteiger partial charge is 0.453 e. The molecule has 1 amide bonds. The highest BCUT2D eigenvalue weighted by atomic mass is 16.5. The van der Waals surface area contributed by atoms with Crippen molar-refractivity contribution in [1.29, 1.82) is 0 Å². The van der Waals surface area contributed by atoms with Crippen molar-refractivity contribution in [3.8, 4) is 0 Å². The van der Waals surface area contributed by atoms with Crippen LogP contribution >= 0.6 is 0 Å². The third-order valence-corrected chi connectivity index (χ3v) is 5.28. The lowest BCUT2D eigenvalue weighted by molar-refractivity contribution is 0.118. The van der Waals surface area contributed by atoms with Gasteiger partial charge in [-0.3, -0.25) is 4.68 Å². The van der Waals surface area contributed by atoms with Gasteiger partial charge >= 0.3 is 6.09 Å². The molecule has 1 unspecified atom stereocenters. The molecule has 2 aliphatic rings. The average molecular weight is 320 g/mol. The number of piperidine rings is 1. The summed E-state index contributed by atoms with van der Waals surface area (Å²) in [6.45, 7) is 7.90. The monoisotopic (exact) mass is 320 g/mol. The van der Waals surface area contributed by atoms with E-state index in [0.717, 1.165) is 45.3 Å². The van der Waals surface area contributed by atoms with Gasteiger partial charge in [0.05, 0.1) is 25.4 Å². The molecule has 1 aromatic heterocycles. The molecule has 0 radical (unpaired) electrons. The number of aromatic nitrogens is 2. The Morgan fingerprint density at radius 2 is 2.17 bits per heavy atom. The summed E-state index contributed by atoms with van der Waals surface area (Å²) in [6.07, 6.45) is 3.97. The molecule has 1 atom stereocenters. The van der Waals surface area contributed by atoms with Crippen molar-refractivity contribution in [2.45, 2.75) is 58.0 Å². The summed E-state index contributed by atoms with van der Waals surface area (Å²) in [4.78, 5) is 13.7. The number of fused-ring (bicyclic) bond motifs is 1. The molecule has 0 spiro atoms. The Balaban J connectivity index is 1.94. The van der Waals surface area contributed by atoms with Crippen LogP contribution < -0.4 is 5.32 Å². The summed E-state index contributed by atoms with van der Waals surface area (Å²) in [7, 11) is 1.45. The van der Waals surface area contributed by atoms with E-state index in [4.69, 9.17) is 9.84 Å². The van der Waals surface area contributed by atoms with Gasteiger partial charge in [-0.1, -0.05) is 13.8 Å². The predicted molar refractivity (Wildman–Crippen MR) is 88.6 cm³/mol. The van der Waals surface area contributed by atoms with E-state index < -0.39 is 0 Å². The van der Waals surface area contributed by atoms with Gasteiger partial charge in [0.1, 0.15) is 0 Å². The van der Waals surface area contributed by atoms with E-state index in [0.29, 0.717) is 18.5 Å². The summed E-state index contributed by atoms with van der Waals surface area (Å²) in [5.74, 6) is 0.421. The van der Waals surface area contributed by atoms with Crippen molar-refractivity contribution in [3.63, 3.8) is 0 Å². The molecule has 6 nitrogen and oxygen atoms in total. The van der Waals surface area contributed by atoms with Crippen LogP contribution in [-0.2, 0) is 17.7 Å². The van der Waals surface area contributed by atoms with Crippen LogP contribution in [0.1, 0.15) is 62.0 Å². The van der Waals surface area contributed by atoms with Crippen LogP contribution in [0.25, 0.3) is 0 Å². The fourth-order valence-corrected chi connectivity index (χ4v) is 3.70. The summed E-state index contributed by atoms with van der Waals surface area (Å²) in [6, 6.07) is 0.493. The Bertz CT molecular complexity index is 563. The van der Waals surface area contributed by atoms with Gasteiger partial charge in [0, 0.05) is 30.1 Å². The maximum Gasteiger partial charge on any atom is 0.409 e. The number of carbonyl (C=O) groups excluding carboxylic acids is 1. The van der Waals surface area contributed by atoms with Crippen LogP contribution in [-0.4, -0.2) is 47.5 Å². The van der Waals surface area contributed by atoms with Crippen LogP contribution in [0.15, 0.2) is 0 Å². The number of hydrogen-bond donors (Lipinski definition) is 1. The average Bonchev–Trinajstić information content (AvgIpc) is 3.00. The van der Waals surface area contributed by atoms with Gasteiger partial charge in [-0.25, -0.2) is 4.79 Å². The summed E-state index contributed by atoms with van der Waals surface area (Å²) in [5.41, 5.74) is 3.77. The van der Waals surface area contributed by atoms with Gasteiger partial charge in [0.15, 0.2) is 0 Å². The van der Waals surface area contributed by atoms with Gasteiger partial charge < -0.3 is 15.0 Å². The number of methoxy groups -OCH3 is 1. The SMILES string of the molecule is CCC(C)c1nn(C2CCNCC2)c2c1CN(C(=O)OC)CC2. The first-order valence-electron chi connectivity index (χ1n) is 8.79. The highest BCUT2D eigenvalue weighted by Crippen LogP contribution is 2.32. The third kappa shape index (κ3) is 3.09. The maximum absolute atomic E-state index is 11.9. The number of rotatable bonds is 3. The van der Waals surface area contributed by atoms with Crippen molar-refractivity contribution in [1.82, 2.24) is 20.0 Å². The standard InChI is InChI=1S/C17H28N4O2/c1-4-12(2)16-14-11-20(17(22)23-3)10-7-15(14)21(19-16)13-5-8-18-9-6-13/h12-13,18H,4-11H2,1-3H3. The zero-order valence-electron chi connectivity index (χ0n) is 14.5. The van der Waals surface area contributed by atoms with E-state index >= 15 is 0 Å². The lowest BCUT2D eigenvalue weighted by Gasteiger charge is -2.29. The quantitative estimate of drug-likeness (QED) is 0.929. The lowest BCUT2D eigenvalue weighted by atomic mass is 9.96. The van der Waals surface area contributed by atoms with E-state index in [-0.39, 0.29) is 6.09 Å². The highest BCUT2D eigenvalue weighted by Gasteiger charge is 2.31. The Morgan fingerprint density at radius 1 is 1.43 bits per heavy atom. The van der Waals surface area contributed by atoms with E-state index in [9.17, 15) is 4.79 Å². The van der Waals surface area contributed by atoms with E-state index in [1.807, 2.05) is 0 Å². The van der Waals surface area contributed by atoms with Gasteiger partial charge in [-0.15, -0.1) is 0 Å². The van der Waals surface area contributed by atoms with Crippen LogP contribution in [0, 0.1) is 0 Å². The van der Waals surface area contributed by atoms with Gasteiger partial charge in [0.25, 0.3) is 0 Å². The smallest absolute Gasteiger partial charge is 0.409 e. The van der Waals surface area contributed by atoms with Crippen molar-refractivity contribution in [3.05, 3.63) is 17.0 Å². The van der Waals surface area contributed by atoms with Crippen molar-refractivity contribution in [2.75, 3.05) is 26.7 Å². The minimum absolute atomic E-state index is 0.236. The molecule has 0 saturated carbocycles. The number of carbonyl (C=O) groups is 1. The molecule has 0 bridgehead atoms. The molecule has 23 heavy (non-hydrogen) atoms. The molecule has 0 aromatic carbocycles. The normalized spacial score (nSPS) is 20.2. The Hall–Kier alpha value is -1.56. The zero-order valence-corrected chi connectivity index (χ0v) is 14.5.